The van der Waals surface area contributed by atoms with Gasteiger partial charge in [0.05, 0.1) is 11.6 Å². The molecule has 2 heterocycles. The molecule has 4 heteroatoms. The van der Waals surface area contributed by atoms with Gasteiger partial charge in [-0.15, -0.1) is 0 Å². The molecule has 2 aliphatic heterocycles. The molecule has 4 rings (SSSR count). The van der Waals surface area contributed by atoms with E-state index in [4.69, 9.17) is 16.3 Å². The molecule has 1 saturated heterocycles. The predicted molar refractivity (Wildman–Crippen MR) is 100 cm³/mol. The summed E-state index contributed by atoms with van der Waals surface area (Å²) >= 11 is 6.51. The van der Waals surface area contributed by atoms with E-state index in [-0.39, 0.29) is 0 Å². The van der Waals surface area contributed by atoms with Crippen molar-refractivity contribution in [3.63, 3.8) is 0 Å². The summed E-state index contributed by atoms with van der Waals surface area (Å²) in [6.07, 6.45) is 2.38. The van der Waals surface area contributed by atoms with Gasteiger partial charge in [-0.1, -0.05) is 23.7 Å². The molecule has 0 aliphatic carbocycles. The highest BCUT2D eigenvalue weighted by atomic mass is 35.5. The third-order valence-corrected chi connectivity index (χ3v) is 5.35. The first kappa shape index (κ1) is 15.8. The fourth-order valence-electron chi connectivity index (χ4n) is 3.87. The van der Waals surface area contributed by atoms with Gasteiger partial charge in [-0.05, 0) is 61.7 Å². The standard InChI is InChI=1S/C20H23ClN2O/c1-2-24-17-5-6-18(19(21)13-17)14-3-4-15-11-16-7-8-22-9-10-23(16)20(15)12-14/h3-6,12-13,16,22H,2,7-11H2,1H3. The maximum absolute atomic E-state index is 6.51. The molecule has 0 saturated carbocycles. The van der Waals surface area contributed by atoms with E-state index >= 15 is 0 Å². The molecule has 0 aromatic heterocycles. The minimum Gasteiger partial charge on any atom is -0.494 e. The molecule has 2 aromatic carbocycles. The molecule has 1 unspecified atom stereocenters. The van der Waals surface area contributed by atoms with Gasteiger partial charge < -0.3 is 15.0 Å². The molecule has 0 amide bonds. The van der Waals surface area contributed by atoms with E-state index in [0.717, 1.165) is 42.4 Å². The van der Waals surface area contributed by atoms with Crippen molar-refractivity contribution in [2.45, 2.75) is 25.8 Å². The first-order chi connectivity index (χ1) is 11.8. The Morgan fingerprint density at radius 3 is 2.96 bits per heavy atom. The van der Waals surface area contributed by atoms with E-state index in [1.165, 1.54) is 23.2 Å². The number of nitrogens with one attached hydrogen (secondary N) is 1. The zero-order chi connectivity index (χ0) is 16.5. The van der Waals surface area contributed by atoms with E-state index in [1.54, 1.807) is 0 Å². The van der Waals surface area contributed by atoms with Crippen LogP contribution in [0.25, 0.3) is 11.1 Å². The van der Waals surface area contributed by atoms with Gasteiger partial charge in [-0.2, -0.15) is 0 Å². The normalized spacial score (nSPS) is 19.6. The molecule has 0 spiro atoms. The second-order valence-corrected chi connectivity index (χ2v) is 6.92. The highest BCUT2D eigenvalue weighted by Crippen LogP contribution is 2.39. The number of nitrogens with zero attached hydrogens (tertiary/aromatic N) is 1. The van der Waals surface area contributed by atoms with Gasteiger partial charge in [-0.25, -0.2) is 0 Å². The molecule has 1 N–H and O–H groups in total. The van der Waals surface area contributed by atoms with Crippen molar-refractivity contribution < 1.29 is 4.74 Å². The van der Waals surface area contributed by atoms with Gasteiger partial charge >= 0.3 is 0 Å². The van der Waals surface area contributed by atoms with Crippen LogP contribution < -0.4 is 15.0 Å². The number of benzene rings is 2. The Bertz CT molecular complexity index is 746. The molecule has 0 radical (unpaired) electrons. The SMILES string of the molecule is CCOc1ccc(-c2ccc3c(c2)N2CCNCCC2C3)c(Cl)c1. The maximum atomic E-state index is 6.51. The van der Waals surface area contributed by atoms with Crippen molar-refractivity contribution in [2.24, 2.45) is 0 Å². The van der Waals surface area contributed by atoms with Crippen molar-refractivity contribution in [1.82, 2.24) is 5.32 Å². The van der Waals surface area contributed by atoms with E-state index in [9.17, 15) is 0 Å². The first-order valence-electron chi connectivity index (χ1n) is 8.79. The third kappa shape index (κ3) is 2.87. The Hall–Kier alpha value is -1.71. The van der Waals surface area contributed by atoms with Gasteiger partial charge in [0.15, 0.2) is 0 Å². The average molecular weight is 343 g/mol. The third-order valence-electron chi connectivity index (χ3n) is 5.04. The Balaban J connectivity index is 1.68. The molecule has 1 fully saturated rings. The highest BCUT2D eigenvalue weighted by Gasteiger charge is 2.30. The summed E-state index contributed by atoms with van der Waals surface area (Å²) in [6.45, 7) is 5.89. The predicted octanol–water partition coefficient (Wildman–Crippen LogP) is 4.13. The van der Waals surface area contributed by atoms with Gasteiger partial charge in [-0.3, -0.25) is 0 Å². The maximum Gasteiger partial charge on any atom is 0.120 e. The smallest absolute Gasteiger partial charge is 0.120 e. The van der Waals surface area contributed by atoms with Crippen LogP contribution in [0, 0.1) is 0 Å². The molecule has 0 bridgehead atoms. The van der Waals surface area contributed by atoms with Gasteiger partial charge in [0.25, 0.3) is 0 Å². The summed E-state index contributed by atoms with van der Waals surface area (Å²) in [6, 6.07) is 13.4. The largest absolute Gasteiger partial charge is 0.494 e. The van der Waals surface area contributed by atoms with Crippen LogP contribution in [0.3, 0.4) is 0 Å². The zero-order valence-electron chi connectivity index (χ0n) is 14.0. The summed E-state index contributed by atoms with van der Waals surface area (Å²) in [5.41, 5.74) is 5.10. The van der Waals surface area contributed by atoms with E-state index in [2.05, 4.69) is 34.5 Å². The molecule has 3 nitrogen and oxygen atoms in total. The molecular formula is C20H23ClN2O. The van der Waals surface area contributed by atoms with Crippen LogP contribution in [-0.4, -0.2) is 32.3 Å². The highest BCUT2D eigenvalue weighted by molar-refractivity contribution is 6.33. The quantitative estimate of drug-likeness (QED) is 0.907. The molecule has 24 heavy (non-hydrogen) atoms. The van der Waals surface area contributed by atoms with Crippen molar-refractivity contribution >= 4 is 17.3 Å². The fourth-order valence-corrected chi connectivity index (χ4v) is 4.15. The lowest BCUT2D eigenvalue weighted by Crippen LogP contribution is -2.32. The summed E-state index contributed by atoms with van der Waals surface area (Å²) < 4.78 is 5.54. The molecule has 2 aliphatic rings. The summed E-state index contributed by atoms with van der Waals surface area (Å²) in [5, 5.41) is 4.25. The minimum absolute atomic E-state index is 0.640. The van der Waals surface area contributed by atoms with Crippen molar-refractivity contribution in [2.75, 3.05) is 31.1 Å². The lowest BCUT2D eigenvalue weighted by atomic mass is 10.0. The molecule has 126 valence electrons. The lowest BCUT2D eigenvalue weighted by molar-refractivity contribution is 0.340. The van der Waals surface area contributed by atoms with Crippen molar-refractivity contribution in [1.29, 1.82) is 0 Å². The van der Waals surface area contributed by atoms with Gasteiger partial charge in [0.2, 0.25) is 0 Å². The Kier molecular flexibility index (Phi) is 4.38. The topological polar surface area (TPSA) is 24.5 Å². The van der Waals surface area contributed by atoms with Crippen LogP contribution in [0.1, 0.15) is 18.9 Å². The van der Waals surface area contributed by atoms with Crippen LogP contribution >= 0.6 is 11.6 Å². The van der Waals surface area contributed by atoms with Crippen LogP contribution in [0.15, 0.2) is 36.4 Å². The van der Waals surface area contributed by atoms with Gasteiger partial charge in [0.1, 0.15) is 5.75 Å². The van der Waals surface area contributed by atoms with E-state index in [0.29, 0.717) is 12.6 Å². The van der Waals surface area contributed by atoms with E-state index in [1.807, 2.05) is 19.1 Å². The number of anilines is 1. The number of ether oxygens (including phenoxy) is 1. The minimum atomic E-state index is 0.640. The second kappa shape index (κ2) is 6.66. The van der Waals surface area contributed by atoms with Crippen LogP contribution in [-0.2, 0) is 6.42 Å². The fraction of sp³-hybridized carbons (Fsp3) is 0.400. The van der Waals surface area contributed by atoms with Crippen LogP contribution in [0.4, 0.5) is 5.69 Å². The Morgan fingerprint density at radius 1 is 1.21 bits per heavy atom. The number of hydrogen-bond donors (Lipinski definition) is 1. The molecular weight excluding hydrogens is 320 g/mol. The monoisotopic (exact) mass is 342 g/mol. The molecule has 1 atom stereocenters. The number of rotatable bonds is 3. The van der Waals surface area contributed by atoms with Gasteiger partial charge in [0, 0.05) is 30.4 Å². The summed E-state index contributed by atoms with van der Waals surface area (Å²) in [5.74, 6) is 0.825. The summed E-state index contributed by atoms with van der Waals surface area (Å²) in [7, 11) is 0. The average Bonchev–Trinajstić information content (AvgIpc) is 2.76. The van der Waals surface area contributed by atoms with Crippen LogP contribution in [0.2, 0.25) is 5.02 Å². The van der Waals surface area contributed by atoms with Crippen molar-refractivity contribution in [3.05, 3.63) is 47.0 Å². The zero-order valence-corrected chi connectivity index (χ0v) is 14.8. The summed E-state index contributed by atoms with van der Waals surface area (Å²) in [4.78, 5) is 2.57. The van der Waals surface area contributed by atoms with E-state index < -0.39 is 0 Å². The van der Waals surface area contributed by atoms with Crippen molar-refractivity contribution in [3.8, 4) is 16.9 Å². The van der Waals surface area contributed by atoms with Crippen LogP contribution in [0.5, 0.6) is 5.75 Å². The number of halogens is 1. The lowest BCUT2D eigenvalue weighted by Gasteiger charge is -2.25. The first-order valence-corrected chi connectivity index (χ1v) is 9.17. The number of fused-ring (bicyclic) bond motifs is 3. The number of hydrogen-bond acceptors (Lipinski definition) is 3. The molecule has 2 aromatic rings. The Labute approximate surface area is 148 Å². The second-order valence-electron chi connectivity index (χ2n) is 6.51. The Morgan fingerprint density at radius 2 is 2.12 bits per heavy atom.